The Hall–Kier alpha value is -5.38. The number of esters is 1. The molecule has 1 aromatic heterocycles. The van der Waals surface area contributed by atoms with Crippen molar-refractivity contribution >= 4 is 29.3 Å². The number of aromatic nitrogens is 2. The van der Waals surface area contributed by atoms with E-state index < -0.39 is 11.9 Å². The number of nitrogen functional groups attached to an aromatic ring is 1. The summed E-state index contributed by atoms with van der Waals surface area (Å²) in [4.78, 5) is 48.7. The Labute approximate surface area is 250 Å². The van der Waals surface area contributed by atoms with E-state index in [1.54, 1.807) is 43.3 Å². The van der Waals surface area contributed by atoms with Crippen molar-refractivity contribution in [2.75, 3.05) is 11.9 Å². The van der Waals surface area contributed by atoms with E-state index in [9.17, 15) is 14.4 Å². The monoisotopic (exact) mass is 578 g/mol. The van der Waals surface area contributed by atoms with Gasteiger partial charge in [-0.1, -0.05) is 57.2 Å². The summed E-state index contributed by atoms with van der Waals surface area (Å²) in [6.45, 7) is 8.12. The maximum atomic E-state index is 13.5. The minimum absolute atomic E-state index is 0.0214. The fraction of sp³-hybridized carbons (Fsp3) is 0.212. The molecule has 4 rings (SSSR count). The molecule has 10 nitrogen and oxygen atoms in total. The Morgan fingerprint density at radius 3 is 2.23 bits per heavy atom. The van der Waals surface area contributed by atoms with Gasteiger partial charge >= 0.3 is 5.97 Å². The van der Waals surface area contributed by atoms with Gasteiger partial charge in [0.2, 0.25) is 0 Å². The lowest BCUT2D eigenvalue weighted by Crippen LogP contribution is -2.32. The van der Waals surface area contributed by atoms with E-state index in [0.29, 0.717) is 29.2 Å². The molecule has 0 saturated carbocycles. The third kappa shape index (κ3) is 8.10. The lowest BCUT2D eigenvalue weighted by molar-refractivity contribution is 0.0473. The zero-order valence-electron chi connectivity index (χ0n) is 24.5. The highest BCUT2D eigenvalue weighted by atomic mass is 16.5. The molecule has 220 valence electrons. The van der Waals surface area contributed by atoms with Crippen LogP contribution in [0.2, 0.25) is 0 Å². The van der Waals surface area contributed by atoms with Crippen LogP contribution < -0.4 is 16.4 Å². The van der Waals surface area contributed by atoms with Crippen molar-refractivity contribution in [2.24, 2.45) is 11.1 Å². The van der Waals surface area contributed by atoms with E-state index in [1.165, 1.54) is 12.3 Å². The van der Waals surface area contributed by atoms with Crippen molar-refractivity contribution in [3.63, 3.8) is 0 Å². The maximum Gasteiger partial charge on any atom is 0.339 e. The third-order valence-corrected chi connectivity index (χ3v) is 6.36. The first-order valence-electron chi connectivity index (χ1n) is 13.6. The van der Waals surface area contributed by atoms with Crippen LogP contribution >= 0.6 is 0 Å². The minimum Gasteiger partial charge on any atom is -0.457 e. The van der Waals surface area contributed by atoms with Gasteiger partial charge in [0.25, 0.3) is 11.8 Å². The number of carbonyl (C=O) groups excluding carboxylic acids is 3. The number of benzene rings is 3. The number of hydrogen-bond acceptors (Lipinski definition) is 7. The molecule has 0 aliphatic rings. The SMILES string of the molecule is Cc1ncc(-c2ccc(C(=O)NCC(C)(C)C)cc2C(=O)OCc2ccccc2)c(C(=O)Nc2ccc(C(=N)N)cc2)n1. The molecule has 0 radical (unpaired) electrons. The summed E-state index contributed by atoms with van der Waals surface area (Å²) in [7, 11) is 0. The van der Waals surface area contributed by atoms with Gasteiger partial charge in [-0.15, -0.1) is 0 Å². The molecule has 0 unspecified atom stereocenters. The average Bonchev–Trinajstić information content (AvgIpc) is 2.98. The fourth-order valence-electron chi connectivity index (χ4n) is 4.10. The van der Waals surface area contributed by atoms with Crippen LogP contribution in [0.4, 0.5) is 5.69 Å². The largest absolute Gasteiger partial charge is 0.457 e. The number of nitrogens with zero attached hydrogens (tertiary/aromatic N) is 2. The van der Waals surface area contributed by atoms with Gasteiger partial charge in [0.05, 0.1) is 5.56 Å². The quantitative estimate of drug-likeness (QED) is 0.122. The van der Waals surface area contributed by atoms with Gasteiger partial charge in [-0.05, 0) is 54.3 Å². The van der Waals surface area contributed by atoms with Gasteiger partial charge in [0.1, 0.15) is 24.0 Å². The summed E-state index contributed by atoms with van der Waals surface area (Å²) in [6.07, 6.45) is 1.47. The molecule has 0 atom stereocenters. The minimum atomic E-state index is -0.670. The molecule has 4 aromatic rings. The molecular weight excluding hydrogens is 544 g/mol. The van der Waals surface area contributed by atoms with Gasteiger partial charge in [0.15, 0.2) is 0 Å². The Morgan fingerprint density at radius 2 is 1.58 bits per heavy atom. The zero-order chi connectivity index (χ0) is 31.1. The first-order chi connectivity index (χ1) is 20.4. The summed E-state index contributed by atoms with van der Waals surface area (Å²) in [5.41, 5.74) is 8.18. The van der Waals surface area contributed by atoms with Crippen LogP contribution in [0.25, 0.3) is 11.1 Å². The Bertz CT molecular complexity index is 1660. The predicted molar refractivity (Wildman–Crippen MR) is 165 cm³/mol. The second-order valence-corrected chi connectivity index (χ2v) is 11.2. The maximum absolute atomic E-state index is 13.5. The van der Waals surface area contributed by atoms with Crippen molar-refractivity contribution in [2.45, 2.75) is 34.3 Å². The molecule has 10 heteroatoms. The standard InChI is InChI=1S/C33H34N6O4/c1-20-36-17-27(28(38-20)31(41)39-24-13-10-22(11-14-24)29(34)35)25-15-12-23(30(40)37-19-33(2,3)4)16-26(25)32(42)43-18-21-8-6-5-7-9-21/h5-17H,18-19H2,1-4H3,(H3,34,35)(H,37,40)(H,39,41). The van der Waals surface area contributed by atoms with Gasteiger partial charge < -0.3 is 21.1 Å². The van der Waals surface area contributed by atoms with Crippen LogP contribution in [-0.2, 0) is 11.3 Å². The number of rotatable bonds is 9. The highest BCUT2D eigenvalue weighted by molar-refractivity contribution is 6.10. The van der Waals surface area contributed by atoms with Crippen molar-refractivity contribution in [1.82, 2.24) is 15.3 Å². The van der Waals surface area contributed by atoms with E-state index in [1.807, 2.05) is 51.1 Å². The number of nitrogens with one attached hydrogen (secondary N) is 3. The first-order valence-corrected chi connectivity index (χ1v) is 13.6. The second kappa shape index (κ2) is 13.1. The van der Waals surface area contributed by atoms with Crippen LogP contribution in [0.1, 0.15) is 68.9 Å². The Morgan fingerprint density at radius 1 is 0.907 bits per heavy atom. The van der Waals surface area contributed by atoms with Gasteiger partial charge in [-0.2, -0.15) is 0 Å². The predicted octanol–water partition coefficient (Wildman–Crippen LogP) is 5.12. The van der Waals surface area contributed by atoms with Crippen LogP contribution in [0.3, 0.4) is 0 Å². The topological polar surface area (TPSA) is 160 Å². The first kappa shape index (κ1) is 30.6. The Balaban J connectivity index is 1.72. The number of hydrogen-bond donors (Lipinski definition) is 4. The van der Waals surface area contributed by atoms with E-state index >= 15 is 0 Å². The van der Waals surface area contributed by atoms with E-state index in [4.69, 9.17) is 15.9 Å². The van der Waals surface area contributed by atoms with Gasteiger partial charge in [-0.3, -0.25) is 15.0 Å². The number of amidine groups is 1. The van der Waals surface area contributed by atoms with Crippen LogP contribution in [0, 0.1) is 17.7 Å². The highest BCUT2D eigenvalue weighted by Gasteiger charge is 2.24. The summed E-state index contributed by atoms with van der Waals surface area (Å²) < 4.78 is 5.64. The summed E-state index contributed by atoms with van der Waals surface area (Å²) in [5, 5.41) is 13.3. The molecule has 0 fully saturated rings. The van der Waals surface area contributed by atoms with E-state index in [-0.39, 0.29) is 46.1 Å². The lowest BCUT2D eigenvalue weighted by Gasteiger charge is -2.19. The average molecular weight is 579 g/mol. The normalized spacial score (nSPS) is 11.0. The molecular formula is C33H34N6O4. The van der Waals surface area contributed by atoms with Crippen LogP contribution in [0.15, 0.2) is 79.0 Å². The van der Waals surface area contributed by atoms with Crippen LogP contribution in [0.5, 0.6) is 0 Å². The van der Waals surface area contributed by atoms with Crippen molar-refractivity contribution in [3.8, 4) is 11.1 Å². The van der Waals surface area contributed by atoms with Crippen molar-refractivity contribution in [3.05, 3.63) is 113 Å². The molecule has 1 heterocycles. The molecule has 0 aliphatic heterocycles. The lowest BCUT2D eigenvalue weighted by atomic mass is 9.95. The van der Waals surface area contributed by atoms with Gasteiger partial charge in [0, 0.05) is 40.7 Å². The van der Waals surface area contributed by atoms with E-state index in [0.717, 1.165) is 5.56 Å². The number of anilines is 1. The number of nitrogens with two attached hydrogens (primary N) is 1. The summed E-state index contributed by atoms with van der Waals surface area (Å²) in [5.74, 6) is -1.28. The fourth-order valence-corrected chi connectivity index (χ4v) is 4.10. The molecule has 0 bridgehead atoms. The van der Waals surface area contributed by atoms with Crippen LogP contribution in [-0.4, -0.2) is 40.1 Å². The molecule has 0 spiro atoms. The third-order valence-electron chi connectivity index (χ3n) is 6.36. The second-order valence-electron chi connectivity index (χ2n) is 11.2. The molecule has 43 heavy (non-hydrogen) atoms. The van der Waals surface area contributed by atoms with E-state index in [2.05, 4.69) is 20.6 Å². The zero-order valence-corrected chi connectivity index (χ0v) is 24.5. The number of aryl methyl sites for hydroxylation is 1. The smallest absolute Gasteiger partial charge is 0.339 e. The molecule has 0 aliphatic carbocycles. The summed E-state index contributed by atoms with van der Waals surface area (Å²) >= 11 is 0. The van der Waals surface area contributed by atoms with Crippen molar-refractivity contribution in [1.29, 1.82) is 5.41 Å². The molecule has 3 aromatic carbocycles. The van der Waals surface area contributed by atoms with Gasteiger partial charge in [-0.25, -0.2) is 14.8 Å². The van der Waals surface area contributed by atoms with Crippen molar-refractivity contribution < 1.29 is 19.1 Å². The molecule has 5 N–H and O–H groups in total. The molecule has 0 saturated heterocycles. The highest BCUT2D eigenvalue weighted by Crippen LogP contribution is 2.29. The summed E-state index contributed by atoms with van der Waals surface area (Å²) in [6, 6.07) is 20.4. The number of carbonyl (C=O) groups is 3. The number of ether oxygens (including phenoxy) is 1. The molecule has 2 amide bonds. The number of amides is 2. The Kier molecular flexibility index (Phi) is 9.29.